The van der Waals surface area contributed by atoms with Crippen molar-refractivity contribution in [3.8, 4) is 0 Å². The van der Waals surface area contributed by atoms with Crippen molar-refractivity contribution in [2.75, 3.05) is 20.3 Å². The zero-order valence-corrected chi connectivity index (χ0v) is 19.3. The minimum absolute atomic E-state index is 0.0420. The Morgan fingerprint density at radius 1 is 1.06 bits per heavy atom. The molecule has 2 aromatic carbocycles. The van der Waals surface area contributed by atoms with Gasteiger partial charge in [-0.25, -0.2) is 14.2 Å². The van der Waals surface area contributed by atoms with Crippen molar-refractivity contribution in [1.82, 2.24) is 18.7 Å². The molecule has 0 radical (unpaired) electrons. The summed E-state index contributed by atoms with van der Waals surface area (Å²) in [5.74, 6) is -0.406. The van der Waals surface area contributed by atoms with Crippen molar-refractivity contribution in [1.29, 1.82) is 0 Å². The number of halogens is 1. The van der Waals surface area contributed by atoms with Crippen molar-refractivity contribution in [3.63, 3.8) is 0 Å². The number of aliphatic hydroxyl groups excluding tert-OH is 1. The Hall–Kier alpha value is -3.60. The van der Waals surface area contributed by atoms with Gasteiger partial charge in [0.25, 0.3) is 5.56 Å². The van der Waals surface area contributed by atoms with E-state index >= 15 is 0 Å². The summed E-state index contributed by atoms with van der Waals surface area (Å²) < 4.78 is 28.4. The number of ether oxygens (including phenoxy) is 2. The summed E-state index contributed by atoms with van der Waals surface area (Å²) in [5.41, 5.74) is 0.581. The van der Waals surface area contributed by atoms with Gasteiger partial charge >= 0.3 is 5.69 Å². The van der Waals surface area contributed by atoms with Gasteiger partial charge in [0.1, 0.15) is 5.82 Å². The maximum Gasteiger partial charge on any atom is 0.333 e. The highest BCUT2D eigenvalue weighted by molar-refractivity contribution is 5.70. The minimum Gasteiger partial charge on any atom is -0.389 e. The predicted octanol–water partition coefficient (Wildman–Crippen LogP) is 1.77. The van der Waals surface area contributed by atoms with Crippen LogP contribution < -0.4 is 11.2 Å². The van der Waals surface area contributed by atoms with Crippen LogP contribution in [0.15, 0.2) is 70.5 Å². The van der Waals surface area contributed by atoms with Gasteiger partial charge in [-0.3, -0.25) is 13.9 Å². The van der Waals surface area contributed by atoms with Crippen molar-refractivity contribution in [2.24, 2.45) is 0 Å². The number of hydrogen-bond donors (Lipinski definition) is 1. The smallest absolute Gasteiger partial charge is 0.333 e. The van der Waals surface area contributed by atoms with Gasteiger partial charge in [0.2, 0.25) is 0 Å². The molecule has 10 heteroatoms. The monoisotopic (exact) mass is 482 g/mol. The number of fused-ring (bicyclic) bond motifs is 1. The second-order valence-electron chi connectivity index (χ2n) is 8.13. The van der Waals surface area contributed by atoms with Crippen molar-refractivity contribution < 1.29 is 19.0 Å². The Balaban J connectivity index is 1.63. The van der Waals surface area contributed by atoms with Crippen LogP contribution in [-0.4, -0.2) is 50.2 Å². The van der Waals surface area contributed by atoms with Gasteiger partial charge in [-0.15, -0.1) is 0 Å². The van der Waals surface area contributed by atoms with Crippen LogP contribution in [-0.2, 0) is 35.7 Å². The molecule has 1 atom stereocenters. The van der Waals surface area contributed by atoms with E-state index in [0.717, 1.165) is 10.1 Å². The maximum absolute atomic E-state index is 13.8. The van der Waals surface area contributed by atoms with E-state index in [-0.39, 0.29) is 37.5 Å². The third kappa shape index (κ3) is 5.56. The Labute approximate surface area is 200 Å². The van der Waals surface area contributed by atoms with Crippen LogP contribution in [0.5, 0.6) is 0 Å². The molecule has 184 valence electrons. The Morgan fingerprint density at radius 3 is 2.54 bits per heavy atom. The molecular weight excluding hydrogens is 455 g/mol. The van der Waals surface area contributed by atoms with Gasteiger partial charge in [0.15, 0.2) is 11.2 Å². The van der Waals surface area contributed by atoms with E-state index in [1.165, 1.54) is 17.0 Å². The molecular formula is C25H27FN4O5. The Bertz CT molecular complexity index is 1400. The van der Waals surface area contributed by atoms with E-state index in [4.69, 9.17) is 9.47 Å². The Morgan fingerprint density at radius 2 is 1.80 bits per heavy atom. The lowest BCUT2D eigenvalue weighted by molar-refractivity contribution is 0.0183. The van der Waals surface area contributed by atoms with Gasteiger partial charge in [-0.1, -0.05) is 48.5 Å². The normalized spacial score (nSPS) is 12.3. The van der Waals surface area contributed by atoms with E-state index in [1.54, 1.807) is 29.9 Å². The first-order chi connectivity index (χ1) is 17.0. The zero-order chi connectivity index (χ0) is 24.8. The lowest BCUT2D eigenvalue weighted by atomic mass is 10.2. The number of benzene rings is 2. The predicted molar refractivity (Wildman–Crippen MR) is 128 cm³/mol. The first kappa shape index (κ1) is 24.5. The van der Waals surface area contributed by atoms with Crippen molar-refractivity contribution in [3.05, 3.63) is 98.7 Å². The summed E-state index contributed by atoms with van der Waals surface area (Å²) in [4.78, 5) is 31.0. The summed E-state index contributed by atoms with van der Waals surface area (Å²) in [7, 11) is 1.56. The fraction of sp³-hybridized carbons (Fsp3) is 0.320. The maximum atomic E-state index is 13.8. The molecule has 4 rings (SSSR count). The molecule has 0 bridgehead atoms. The molecule has 0 spiro atoms. The number of nitrogens with zero attached hydrogens (tertiary/aromatic N) is 4. The molecule has 0 aliphatic carbocycles. The molecule has 0 unspecified atom stereocenters. The van der Waals surface area contributed by atoms with E-state index in [1.807, 2.05) is 30.3 Å². The highest BCUT2D eigenvalue weighted by atomic mass is 19.1. The molecule has 0 saturated heterocycles. The summed E-state index contributed by atoms with van der Waals surface area (Å²) in [6.45, 7) is 0.432. The van der Waals surface area contributed by atoms with E-state index in [2.05, 4.69) is 4.98 Å². The first-order valence-corrected chi connectivity index (χ1v) is 11.2. The summed E-state index contributed by atoms with van der Waals surface area (Å²) in [6, 6.07) is 15.5. The van der Waals surface area contributed by atoms with Crippen LogP contribution in [0.1, 0.15) is 11.1 Å². The number of imidazole rings is 1. The molecule has 4 aromatic rings. The van der Waals surface area contributed by atoms with Crippen LogP contribution in [0.4, 0.5) is 4.39 Å². The Kier molecular flexibility index (Phi) is 7.86. The molecule has 0 aliphatic rings. The quantitative estimate of drug-likeness (QED) is 0.350. The molecule has 2 heterocycles. The standard InChI is InChI=1S/C25H27FN4O5/c1-34-12-11-28-17-27-23-22(28)24(32)30(25(33)29(23)13-18-7-3-2-4-8-18)14-20(31)16-35-15-19-9-5-6-10-21(19)26/h2-10,17,20,31H,11-16H2,1H3/t20-/m1/s1. The van der Waals surface area contributed by atoms with Gasteiger partial charge in [-0.05, 0) is 11.6 Å². The first-order valence-electron chi connectivity index (χ1n) is 11.2. The average molecular weight is 483 g/mol. The van der Waals surface area contributed by atoms with Gasteiger partial charge < -0.3 is 19.1 Å². The van der Waals surface area contributed by atoms with Gasteiger partial charge in [-0.2, -0.15) is 0 Å². The van der Waals surface area contributed by atoms with E-state index in [0.29, 0.717) is 18.7 Å². The fourth-order valence-corrected chi connectivity index (χ4v) is 3.85. The van der Waals surface area contributed by atoms with Crippen LogP contribution in [0.25, 0.3) is 11.2 Å². The average Bonchev–Trinajstić information content (AvgIpc) is 3.29. The van der Waals surface area contributed by atoms with Crippen molar-refractivity contribution >= 4 is 11.2 Å². The molecule has 0 fully saturated rings. The van der Waals surface area contributed by atoms with Gasteiger partial charge in [0.05, 0.1) is 45.3 Å². The lowest BCUT2D eigenvalue weighted by Crippen LogP contribution is -2.44. The molecule has 1 N–H and O–H groups in total. The lowest BCUT2D eigenvalue weighted by Gasteiger charge is -2.16. The number of hydrogen-bond acceptors (Lipinski definition) is 6. The molecule has 9 nitrogen and oxygen atoms in total. The van der Waals surface area contributed by atoms with Crippen LogP contribution in [0, 0.1) is 5.82 Å². The second-order valence-corrected chi connectivity index (χ2v) is 8.13. The largest absolute Gasteiger partial charge is 0.389 e. The minimum atomic E-state index is -1.16. The third-order valence-corrected chi connectivity index (χ3v) is 5.62. The van der Waals surface area contributed by atoms with Gasteiger partial charge in [0, 0.05) is 19.2 Å². The molecule has 0 saturated carbocycles. The highest BCUT2D eigenvalue weighted by Gasteiger charge is 2.20. The molecule has 35 heavy (non-hydrogen) atoms. The van der Waals surface area contributed by atoms with Crippen LogP contribution in [0.3, 0.4) is 0 Å². The summed E-state index contributed by atoms with van der Waals surface area (Å²) >= 11 is 0. The van der Waals surface area contributed by atoms with E-state index < -0.39 is 23.2 Å². The topological polar surface area (TPSA) is 101 Å². The number of aromatic nitrogens is 4. The summed E-state index contributed by atoms with van der Waals surface area (Å²) in [6.07, 6.45) is 0.342. The van der Waals surface area contributed by atoms with Crippen molar-refractivity contribution in [2.45, 2.75) is 32.3 Å². The molecule has 0 amide bonds. The van der Waals surface area contributed by atoms with Crippen LogP contribution >= 0.6 is 0 Å². The zero-order valence-electron chi connectivity index (χ0n) is 19.3. The van der Waals surface area contributed by atoms with E-state index in [9.17, 15) is 19.1 Å². The third-order valence-electron chi connectivity index (χ3n) is 5.62. The molecule has 2 aromatic heterocycles. The fourth-order valence-electron chi connectivity index (χ4n) is 3.85. The summed E-state index contributed by atoms with van der Waals surface area (Å²) in [5, 5.41) is 10.5. The second kappa shape index (κ2) is 11.2. The highest BCUT2D eigenvalue weighted by Crippen LogP contribution is 2.11. The number of methoxy groups -OCH3 is 1. The SMILES string of the molecule is COCCn1cnc2c1c(=O)n(C[C@@H](O)COCc1ccccc1F)c(=O)n2Cc1ccccc1. The van der Waals surface area contributed by atoms with Crippen LogP contribution in [0.2, 0.25) is 0 Å². The number of aliphatic hydroxyl groups is 1. The molecule has 0 aliphatic heterocycles. The number of rotatable bonds is 11.